The van der Waals surface area contributed by atoms with Crippen molar-refractivity contribution >= 4 is 11.6 Å². The molecule has 0 aliphatic heterocycles. The van der Waals surface area contributed by atoms with Gasteiger partial charge < -0.3 is 9.72 Å². The number of rotatable bonds is 5. The molecule has 4 nitrogen and oxygen atoms in total. The SMILES string of the molecule is O=C(C[C@@H]1CCc2ccccc21)NCCc1cnc2ccccn12. The van der Waals surface area contributed by atoms with Crippen molar-refractivity contribution in [1.82, 2.24) is 14.7 Å². The van der Waals surface area contributed by atoms with Crippen molar-refractivity contribution in [1.29, 1.82) is 0 Å². The van der Waals surface area contributed by atoms with E-state index < -0.39 is 0 Å². The molecule has 0 bridgehead atoms. The number of imidazole rings is 1. The average Bonchev–Trinajstić information content (AvgIpc) is 3.20. The Bertz CT molecular complexity index is 868. The normalized spacial score (nSPS) is 16.2. The zero-order valence-electron chi connectivity index (χ0n) is 13.6. The van der Waals surface area contributed by atoms with Gasteiger partial charge in [-0.1, -0.05) is 30.3 Å². The van der Waals surface area contributed by atoms with Gasteiger partial charge in [0.1, 0.15) is 5.65 Å². The van der Waals surface area contributed by atoms with Gasteiger partial charge >= 0.3 is 0 Å². The summed E-state index contributed by atoms with van der Waals surface area (Å²) in [6.07, 6.45) is 7.45. The van der Waals surface area contributed by atoms with E-state index in [1.807, 2.05) is 30.6 Å². The minimum Gasteiger partial charge on any atom is -0.356 e. The highest BCUT2D eigenvalue weighted by molar-refractivity contribution is 5.77. The van der Waals surface area contributed by atoms with Crippen molar-refractivity contribution in [2.45, 2.75) is 31.6 Å². The third-order valence-corrected chi connectivity index (χ3v) is 4.89. The predicted octanol–water partition coefficient (Wildman–Crippen LogP) is 3.11. The van der Waals surface area contributed by atoms with Crippen LogP contribution in [0.15, 0.2) is 54.9 Å². The zero-order valence-corrected chi connectivity index (χ0v) is 13.6. The number of hydrogen-bond acceptors (Lipinski definition) is 2. The summed E-state index contributed by atoms with van der Waals surface area (Å²) >= 11 is 0. The van der Waals surface area contributed by atoms with Gasteiger partial charge in [-0.2, -0.15) is 0 Å². The van der Waals surface area contributed by atoms with E-state index in [4.69, 9.17) is 0 Å². The lowest BCUT2D eigenvalue weighted by molar-refractivity contribution is -0.121. The molecule has 4 heteroatoms. The van der Waals surface area contributed by atoms with E-state index >= 15 is 0 Å². The first-order valence-electron chi connectivity index (χ1n) is 8.57. The molecule has 0 unspecified atom stereocenters. The first kappa shape index (κ1) is 14.9. The van der Waals surface area contributed by atoms with Crippen LogP contribution in [0, 0.1) is 0 Å². The van der Waals surface area contributed by atoms with Gasteiger partial charge in [0.25, 0.3) is 0 Å². The molecular weight excluding hydrogens is 298 g/mol. The number of nitrogens with zero attached hydrogens (tertiary/aromatic N) is 2. The Kier molecular flexibility index (Phi) is 4.03. The van der Waals surface area contributed by atoms with Crippen molar-refractivity contribution in [3.05, 3.63) is 71.7 Å². The highest BCUT2D eigenvalue weighted by atomic mass is 16.1. The third-order valence-electron chi connectivity index (χ3n) is 4.89. The summed E-state index contributed by atoms with van der Waals surface area (Å²) in [5.74, 6) is 0.516. The highest BCUT2D eigenvalue weighted by Gasteiger charge is 2.23. The number of aromatic nitrogens is 2. The Morgan fingerprint density at radius 1 is 1.21 bits per heavy atom. The Balaban J connectivity index is 1.31. The molecule has 1 aromatic carbocycles. The van der Waals surface area contributed by atoms with Gasteiger partial charge in [0.15, 0.2) is 0 Å². The van der Waals surface area contributed by atoms with Crippen molar-refractivity contribution in [3.63, 3.8) is 0 Å². The lowest BCUT2D eigenvalue weighted by Crippen LogP contribution is -2.27. The third kappa shape index (κ3) is 2.92. The molecular formula is C20H21N3O. The zero-order chi connectivity index (χ0) is 16.4. The number of benzene rings is 1. The molecule has 122 valence electrons. The first-order valence-corrected chi connectivity index (χ1v) is 8.57. The van der Waals surface area contributed by atoms with Crippen LogP contribution in [-0.4, -0.2) is 21.8 Å². The summed E-state index contributed by atoms with van der Waals surface area (Å²) in [5, 5.41) is 3.06. The summed E-state index contributed by atoms with van der Waals surface area (Å²) in [4.78, 5) is 16.6. The van der Waals surface area contributed by atoms with Gasteiger partial charge in [0.05, 0.1) is 0 Å². The van der Waals surface area contributed by atoms with Crippen LogP contribution in [-0.2, 0) is 17.6 Å². The van der Waals surface area contributed by atoms with Crippen LogP contribution in [0.2, 0.25) is 0 Å². The second kappa shape index (κ2) is 6.48. The number of nitrogens with one attached hydrogen (secondary N) is 1. The molecule has 0 spiro atoms. The van der Waals surface area contributed by atoms with Crippen molar-refractivity contribution in [2.24, 2.45) is 0 Å². The molecule has 1 N–H and O–H groups in total. The van der Waals surface area contributed by atoms with Crippen molar-refractivity contribution in [2.75, 3.05) is 6.54 Å². The van der Waals surface area contributed by atoms with E-state index in [1.54, 1.807) is 0 Å². The minimum atomic E-state index is 0.144. The highest BCUT2D eigenvalue weighted by Crippen LogP contribution is 2.34. The van der Waals surface area contributed by atoms with E-state index in [0.29, 0.717) is 18.9 Å². The summed E-state index contributed by atoms with van der Waals surface area (Å²) in [6, 6.07) is 14.5. The molecule has 0 radical (unpaired) electrons. The van der Waals surface area contributed by atoms with Crippen LogP contribution in [0.1, 0.15) is 35.6 Å². The molecule has 2 heterocycles. The van der Waals surface area contributed by atoms with Crippen LogP contribution in [0.4, 0.5) is 0 Å². The molecule has 2 aromatic heterocycles. The Morgan fingerprint density at radius 2 is 2.08 bits per heavy atom. The maximum absolute atomic E-state index is 12.3. The molecule has 4 rings (SSSR count). The van der Waals surface area contributed by atoms with Crippen LogP contribution < -0.4 is 5.32 Å². The molecule has 1 amide bonds. The number of carbonyl (C=O) groups excluding carboxylic acids is 1. The quantitative estimate of drug-likeness (QED) is 0.785. The lowest BCUT2D eigenvalue weighted by atomic mass is 9.97. The lowest BCUT2D eigenvalue weighted by Gasteiger charge is -2.11. The minimum absolute atomic E-state index is 0.144. The second-order valence-electron chi connectivity index (χ2n) is 6.42. The number of fused-ring (bicyclic) bond motifs is 2. The fourth-order valence-electron chi connectivity index (χ4n) is 3.65. The van der Waals surface area contributed by atoms with Crippen LogP contribution in [0.25, 0.3) is 5.65 Å². The molecule has 1 atom stereocenters. The topological polar surface area (TPSA) is 46.4 Å². The van der Waals surface area contributed by atoms with Gasteiger partial charge in [-0.3, -0.25) is 4.79 Å². The number of amides is 1. The fourth-order valence-corrected chi connectivity index (χ4v) is 3.65. The van der Waals surface area contributed by atoms with Gasteiger partial charge in [-0.15, -0.1) is 0 Å². The molecule has 1 aliphatic rings. The average molecular weight is 319 g/mol. The molecule has 24 heavy (non-hydrogen) atoms. The van der Waals surface area contributed by atoms with Crippen molar-refractivity contribution in [3.8, 4) is 0 Å². The monoisotopic (exact) mass is 319 g/mol. The predicted molar refractivity (Wildman–Crippen MR) is 94.0 cm³/mol. The Hall–Kier alpha value is -2.62. The Morgan fingerprint density at radius 3 is 3.04 bits per heavy atom. The summed E-state index contributed by atoms with van der Waals surface area (Å²) in [6.45, 7) is 0.649. The number of hydrogen-bond donors (Lipinski definition) is 1. The van der Waals surface area contributed by atoms with Crippen LogP contribution >= 0.6 is 0 Å². The van der Waals surface area contributed by atoms with Gasteiger partial charge in [0.2, 0.25) is 5.91 Å². The molecule has 0 fully saturated rings. The van der Waals surface area contributed by atoms with Gasteiger partial charge in [0, 0.05) is 37.5 Å². The smallest absolute Gasteiger partial charge is 0.220 e. The first-order chi connectivity index (χ1) is 11.8. The van der Waals surface area contributed by atoms with Crippen LogP contribution in [0.5, 0.6) is 0 Å². The van der Waals surface area contributed by atoms with E-state index in [0.717, 1.165) is 30.6 Å². The molecule has 1 aliphatic carbocycles. The number of carbonyl (C=O) groups is 1. The maximum Gasteiger partial charge on any atom is 0.220 e. The Labute approximate surface area is 141 Å². The standard InChI is InChI=1S/C20H21N3O/c24-20(13-16-9-8-15-5-1-2-6-18(15)16)21-11-10-17-14-22-19-7-3-4-12-23(17)19/h1-7,12,14,16H,8-11,13H2,(H,21,24)/t16-/m0/s1. The van der Waals surface area contributed by atoms with E-state index in [-0.39, 0.29) is 5.91 Å². The largest absolute Gasteiger partial charge is 0.356 e. The summed E-state index contributed by atoms with van der Waals surface area (Å²) in [5.41, 5.74) is 4.83. The van der Waals surface area contributed by atoms with E-state index in [1.165, 1.54) is 11.1 Å². The second-order valence-corrected chi connectivity index (χ2v) is 6.42. The number of aryl methyl sites for hydroxylation is 1. The van der Waals surface area contributed by atoms with Crippen molar-refractivity contribution < 1.29 is 4.79 Å². The van der Waals surface area contributed by atoms with E-state index in [2.05, 4.69) is 39.0 Å². The van der Waals surface area contributed by atoms with E-state index in [9.17, 15) is 4.79 Å². The fraction of sp³-hybridized carbons (Fsp3) is 0.300. The van der Waals surface area contributed by atoms with Gasteiger partial charge in [-0.25, -0.2) is 4.98 Å². The summed E-state index contributed by atoms with van der Waals surface area (Å²) in [7, 11) is 0. The molecule has 0 saturated heterocycles. The number of pyridine rings is 1. The van der Waals surface area contributed by atoms with Gasteiger partial charge in [-0.05, 0) is 42.0 Å². The molecule has 0 saturated carbocycles. The molecule has 3 aromatic rings. The maximum atomic E-state index is 12.3. The summed E-state index contributed by atoms with van der Waals surface area (Å²) < 4.78 is 2.07. The van der Waals surface area contributed by atoms with Crippen LogP contribution in [0.3, 0.4) is 0 Å².